The van der Waals surface area contributed by atoms with Gasteiger partial charge >= 0.3 is 6.03 Å². The molecule has 1 aliphatic rings. The summed E-state index contributed by atoms with van der Waals surface area (Å²) in [5.41, 5.74) is 0.391. The van der Waals surface area contributed by atoms with Crippen molar-refractivity contribution in [3.8, 4) is 5.75 Å². The van der Waals surface area contributed by atoms with Gasteiger partial charge in [-0.25, -0.2) is 4.79 Å². The van der Waals surface area contributed by atoms with E-state index in [0.717, 1.165) is 11.5 Å². The molecular formula is C16H22N2O3S. The van der Waals surface area contributed by atoms with Crippen LogP contribution in [0.5, 0.6) is 5.75 Å². The van der Waals surface area contributed by atoms with E-state index < -0.39 is 5.54 Å². The quantitative estimate of drug-likeness (QED) is 0.619. The standard InChI is InChI=1S/C16H22N2O3S/c1-12-5-4-6-13(11-12)21-8-10-22-9-7-18-14(19)16(2,3)17-15(18)20/h4-6,11H,7-10H2,1-3H3,(H,17,20). The number of rotatable bonds is 7. The van der Waals surface area contributed by atoms with Crippen LogP contribution in [-0.2, 0) is 4.79 Å². The first-order valence-corrected chi connectivity index (χ1v) is 8.47. The Morgan fingerprint density at radius 2 is 2.05 bits per heavy atom. The number of carbonyl (C=O) groups is 2. The van der Waals surface area contributed by atoms with Crippen LogP contribution >= 0.6 is 11.8 Å². The second kappa shape index (κ2) is 7.05. The van der Waals surface area contributed by atoms with Crippen LogP contribution in [0.15, 0.2) is 24.3 Å². The lowest BCUT2D eigenvalue weighted by molar-refractivity contribution is -0.130. The second-order valence-corrected chi connectivity index (χ2v) is 7.01. The summed E-state index contributed by atoms with van der Waals surface area (Å²) in [5.74, 6) is 2.25. The molecule has 0 unspecified atom stereocenters. The number of nitrogens with zero attached hydrogens (tertiary/aromatic N) is 1. The average Bonchev–Trinajstić information content (AvgIpc) is 2.64. The average molecular weight is 322 g/mol. The fraction of sp³-hybridized carbons (Fsp3) is 0.500. The summed E-state index contributed by atoms with van der Waals surface area (Å²) < 4.78 is 5.65. The molecular weight excluding hydrogens is 300 g/mol. The van der Waals surface area contributed by atoms with Crippen molar-refractivity contribution in [2.75, 3.05) is 24.7 Å². The minimum atomic E-state index is -0.782. The Labute approximate surface area is 135 Å². The lowest BCUT2D eigenvalue weighted by atomic mass is 10.1. The van der Waals surface area contributed by atoms with Crippen molar-refractivity contribution in [3.05, 3.63) is 29.8 Å². The van der Waals surface area contributed by atoms with Crippen LogP contribution in [0, 0.1) is 6.92 Å². The molecule has 1 saturated heterocycles. The second-order valence-electron chi connectivity index (χ2n) is 5.79. The highest BCUT2D eigenvalue weighted by molar-refractivity contribution is 7.99. The van der Waals surface area contributed by atoms with Crippen molar-refractivity contribution in [3.63, 3.8) is 0 Å². The Kier molecular flexibility index (Phi) is 5.34. The van der Waals surface area contributed by atoms with Crippen molar-refractivity contribution in [1.29, 1.82) is 0 Å². The molecule has 0 radical (unpaired) electrons. The van der Waals surface area contributed by atoms with Gasteiger partial charge in [-0.3, -0.25) is 9.69 Å². The fourth-order valence-corrected chi connectivity index (χ4v) is 2.92. The van der Waals surface area contributed by atoms with Crippen molar-refractivity contribution in [1.82, 2.24) is 10.2 Å². The molecule has 1 N–H and O–H groups in total. The highest BCUT2D eigenvalue weighted by Crippen LogP contribution is 2.17. The molecule has 22 heavy (non-hydrogen) atoms. The molecule has 0 saturated carbocycles. The number of hydrogen-bond donors (Lipinski definition) is 1. The van der Waals surface area contributed by atoms with Crippen LogP contribution in [0.2, 0.25) is 0 Å². The molecule has 0 bridgehead atoms. The van der Waals surface area contributed by atoms with Crippen LogP contribution in [0.25, 0.3) is 0 Å². The molecule has 1 aromatic carbocycles. The summed E-state index contributed by atoms with van der Waals surface area (Å²) in [6.45, 7) is 6.51. The Balaban J connectivity index is 1.64. The SMILES string of the molecule is Cc1cccc(OCCSCCN2C(=O)NC(C)(C)C2=O)c1. The van der Waals surface area contributed by atoms with Crippen molar-refractivity contribution in [2.45, 2.75) is 26.3 Å². The molecule has 120 valence electrons. The number of hydrogen-bond acceptors (Lipinski definition) is 4. The van der Waals surface area contributed by atoms with Gasteiger partial charge in [0.05, 0.1) is 6.61 Å². The summed E-state index contributed by atoms with van der Waals surface area (Å²) in [4.78, 5) is 25.0. The van der Waals surface area contributed by atoms with Crippen molar-refractivity contribution in [2.24, 2.45) is 0 Å². The lowest BCUT2D eigenvalue weighted by Gasteiger charge is -2.15. The van der Waals surface area contributed by atoms with Gasteiger partial charge in [0.1, 0.15) is 11.3 Å². The summed E-state index contributed by atoms with van der Waals surface area (Å²) in [5, 5.41) is 2.68. The molecule has 1 aromatic rings. The van der Waals surface area contributed by atoms with Gasteiger partial charge in [0.2, 0.25) is 0 Å². The number of urea groups is 1. The van der Waals surface area contributed by atoms with Crippen LogP contribution < -0.4 is 10.1 Å². The van der Waals surface area contributed by atoms with Crippen LogP contribution in [0.1, 0.15) is 19.4 Å². The van der Waals surface area contributed by atoms with Crippen LogP contribution in [0.4, 0.5) is 4.79 Å². The minimum absolute atomic E-state index is 0.158. The molecule has 5 nitrogen and oxygen atoms in total. The molecule has 1 heterocycles. The van der Waals surface area contributed by atoms with Crippen molar-refractivity contribution >= 4 is 23.7 Å². The largest absolute Gasteiger partial charge is 0.493 e. The number of imide groups is 1. The number of nitrogens with one attached hydrogen (secondary N) is 1. The Morgan fingerprint density at radius 1 is 1.27 bits per heavy atom. The fourth-order valence-electron chi connectivity index (χ4n) is 2.20. The van der Waals surface area contributed by atoms with Gasteiger partial charge < -0.3 is 10.1 Å². The van der Waals surface area contributed by atoms with Gasteiger partial charge in [-0.15, -0.1) is 0 Å². The summed E-state index contributed by atoms with van der Waals surface area (Å²) >= 11 is 1.67. The molecule has 1 fully saturated rings. The first kappa shape index (κ1) is 16.7. The molecule has 0 aromatic heterocycles. The van der Waals surface area contributed by atoms with Gasteiger partial charge in [0, 0.05) is 18.1 Å². The van der Waals surface area contributed by atoms with Gasteiger partial charge in [-0.2, -0.15) is 11.8 Å². The Bertz CT molecular complexity index is 560. The Morgan fingerprint density at radius 3 is 2.68 bits per heavy atom. The van der Waals surface area contributed by atoms with Crippen molar-refractivity contribution < 1.29 is 14.3 Å². The van der Waals surface area contributed by atoms with E-state index in [1.54, 1.807) is 25.6 Å². The van der Waals surface area contributed by atoms with Crippen LogP contribution in [-0.4, -0.2) is 47.0 Å². The minimum Gasteiger partial charge on any atom is -0.493 e. The van der Waals surface area contributed by atoms with E-state index in [2.05, 4.69) is 5.32 Å². The maximum atomic E-state index is 12.0. The molecule has 3 amide bonds. The van der Waals surface area contributed by atoms with Crippen LogP contribution in [0.3, 0.4) is 0 Å². The van der Waals surface area contributed by atoms with E-state index in [1.165, 1.54) is 10.5 Å². The zero-order valence-corrected chi connectivity index (χ0v) is 14.0. The van der Waals surface area contributed by atoms with E-state index in [-0.39, 0.29) is 11.9 Å². The predicted molar refractivity (Wildman–Crippen MR) is 88.3 cm³/mol. The molecule has 1 aliphatic heterocycles. The molecule has 6 heteroatoms. The topological polar surface area (TPSA) is 58.6 Å². The lowest BCUT2D eigenvalue weighted by Crippen LogP contribution is -2.40. The summed E-state index contributed by atoms with van der Waals surface area (Å²) in [7, 11) is 0. The number of aryl methyl sites for hydroxylation is 1. The smallest absolute Gasteiger partial charge is 0.325 e. The summed E-state index contributed by atoms with van der Waals surface area (Å²) in [6, 6.07) is 7.64. The number of thioether (sulfide) groups is 1. The zero-order valence-electron chi connectivity index (χ0n) is 13.2. The van der Waals surface area contributed by atoms with Gasteiger partial charge in [0.15, 0.2) is 0 Å². The third kappa shape index (κ3) is 4.16. The van der Waals surface area contributed by atoms with Gasteiger partial charge in [-0.1, -0.05) is 12.1 Å². The third-order valence-corrected chi connectivity index (χ3v) is 4.32. The number of amides is 3. The maximum Gasteiger partial charge on any atom is 0.325 e. The van der Waals surface area contributed by atoms with E-state index in [9.17, 15) is 9.59 Å². The van der Waals surface area contributed by atoms with Gasteiger partial charge in [-0.05, 0) is 38.5 Å². The highest BCUT2D eigenvalue weighted by Gasteiger charge is 2.43. The van der Waals surface area contributed by atoms with Gasteiger partial charge in [0.25, 0.3) is 5.91 Å². The first-order chi connectivity index (χ1) is 10.4. The monoisotopic (exact) mass is 322 g/mol. The zero-order chi connectivity index (χ0) is 16.2. The Hall–Kier alpha value is -1.69. The molecule has 0 aliphatic carbocycles. The highest BCUT2D eigenvalue weighted by atomic mass is 32.2. The third-order valence-electron chi connectivity index (χ3n) is 3.39. The molecule has 2 rings (SSSR count). The molecule has 0 atom stereocenters. The number of benzene rings is 1. The van der Waals surface area contributed by atoms with E-state index in [0.29, 0.717) is 18.9 Å². The predicted octanol–water partition coefficient (Wildman–Crippen LogP) is 2.44. The first-order valence-electron chi connectivity index (χ1n) is 7.31. The number of carbonyl (C=O) groups excluding carboxylic acids is 2. The van der Waals surface area contributed by atoms with E-state index in [1.807, 2.05) is 31.2 Å². The number of ether oxygens (including phenoxy) is 1. The molecule has 0 spiro atoms. The van der Waals surface area contributed by atoms with E-state index >= 15 is 0 Å². The summed E-state index contributed by atoms with van der Waals surface area (Å²) in [6.07, 6.45) is 0. The van der Waals surface area contributed by atoms with E-state index in [4.69, 9.17) is 4.74 Å². The maximum absolute atomic E-state index is 12.0. The normalized spacial score (nSPS) is 16.8.